The van der Waals surface area contributed by atoms with E-state index in [0.717, 1.165) is 12.8 Å². The summed E-state index contributed by atoms with van der Waals surface area (Å²) in [4.78, 5) is 12.6. The number of aliphatic carboxylic acids is 1. The van der Waals surface area contributed by atoms with Gasteiger partial charge in [-0.15, -0.1) is 0 Å². The maximum atomic E-state index is 10.7. The van der Waals surface area contributed by atoms with Gasteiger partial charge in [-0.05, 0) is 31.2 Å². The van der Waals surface area contributed by atoms with Crippen molar-refractivity contribution in [3.05, 3.63) is 0 Å². The molecule has 0 aliphatic rings. The number of carboxylic acid groups (broad SMARTS) is 1. The summed E-state index contributed by atoms with van der Waals surface area (Å²) in [6.07, 6.45) is 5.98. The van der Waals surface area contributed by atoms with Crippen molar-refractivity contribution in [1.82, 2.24) is 4.90 Å². The first kappa shape index (κ1) is 16.5. The van der Waals surface area contributed by atoms with Gasteiger partial charge in [0.1, 0.15) is 7.85 Å². The van der Waals surface area contributed by atoms with Crippen LogP contribution in [0.25, 0.3) is 0 Å². The molecule has 0 bridgehead atoms. The molecule has 17 heavy (non-hydrogen) atoms. The Morgan fingerprint density at radius 2 is 2.06 bits per heavy atom. The van der Waals surface area contributed by atoms with E-state index in [2.05, 4.69) is 28.6 Å². The number of likely N-dealkylation sites (N-methyl/N-ethyl adjacent to an activating group) is 1. The molecule has 0 saturated heterocycles. The average Bonchev–Trinajstić information content (AvgIpc) is 2.25. The zero-order chi connectivity index (χ0) is 13.5. The fourth-order valence-electron chi connectivity index (χ4n) is 2.26. The monoisotopic (exact) mass is 241 g/mol. The summed E-state index contributed by atoms with van der Waals surface area (Å²) < 4.78 is 0. The van der Waals surface area contributed by atoms with Gasteiger partial charge < -0.3 is 10.0 Å². The van der Waals surface area contributed by atoms with Gasteiger partial charge >= 0.3 is 5.97 Å². The van der Waals surface area contributed by atoms with Gasteiger partial charge in [0.05, 0.1) is 6.54 Å². The number of rotatable bonds is 9. The van der Waals surface area contributed by atoms with Crippen LogP contribution in [0, 0.1) is 5.41 Å². The highest BCUT2D eigenvalue weighted by molar-refractivity contribution is 6.11. The van der Waals surface area contributed by atoms with Crippen molar-refractivity contribution >= 4 is 13.8 Å². The molecule has 2 atom stereocenters. The van der Waals surface area contributed by atoms with Gasteiger partial charge in [-0.25, -0.2) is 0 Å². The fourth-order valence-corrected chi connectivity index (χ4v) is 2.26. The largest absolute Gasteiger partial charge is 0.480 e. The lowest BCUT2D eigenvalue weighted by atomic mass is 9.72. The number of unbranched alkanes of at least 4 members (excludes halogenated alkanes) is 1. The summed E-state index contributed by atoms with van der Waals surface area (Å²) in [7, 11) is 4.03. The van der Waals surface area contributed by atoms with E-state index in [1.807, 2.05) is 11.9 Å². The summed E-state index contributed by atoms with van der Waals surface area (Å²) in [5.74, 6) is -0.418. The summed E-state index contributed by atoms with van der Waals surface area (Å²) >= 11 is 0. The molecular formula is C13H28BNO2. The van der Waals surface area contributed by atoms with Crippen LogP contribution in [0.1, 0.15) is 52.9 Å². The molecule has 0 saturated carbocycles. The quantitative estimate of drug-likeness (QED) is 0.627. The van der Waals surface area contributed by atoms with Crippen LogP contribution in [0.3, 0.4) is 0 Å². The Bertz CT molecular complexity index is 235. The van der Waals surface area contributed by atoms with Crippen molar-refractivity contribution < 1.29 is 9.90 Å². The molecule has 0 aliphatic carbocycles. The maximum Gasteiger partial charge on any atom is 0.317 e. The van der Waals surface area contributed by atoms with Crippen LogP contribution in [-0.4, -0.2) is 43.4 Å². The van der Waals surface area contributed by atoms with Crippen molar-refractivity contribution in [2.75, 3.05) is 13.6 Å². The first-order chi connectivity index (χ1) is 7.84. The number of hydrogen-bond donors (Lipinski definition) is 1. The molecule has 0 fully saturated rings. The molecule has 4 heteroatoms. The van der Waals surface area contributed by atoms with E-state index < -0.39 is 5.97 Å². The van der Waals surface area contributed by atoms with E-state index in [-0.39, 0.29) is 6.54 Å². The van der Waals surface area contributed by atoms with Crippen LogP contribution in [0.4, 0.5) is 0 Å². The van der Waals surface area contributed by atoms with Crippen molar-refractivity contribution in [1.29, 1.82) is 0 Å². The van der Waals surface area contributed by atoms with Gasteiger partial charge in [0, 0.05) is 0 Å². The van der Waals surface area contributed by atoms with Gasteiger partial charge in [-0.3, -0.25) is 4.79 Å². The van der Waals surface area contributed by atoms with Crippen LogP contribution in [0.2, 0.25) is 0 Å². The highest BCUT2D eigenvalue weighted by atomic mass is 16.4. The molecule has 0 amide bonds. The van der Waals surface area contributed by atoms with E-state index >= 15 is 0 Å². The average molecular weight is 241 g/mol. The molecule has 0 aromatic rings. The molecule has 1 N–H and O–H groups in total. The summed E-state index contributed by atoms with van der Waals surface area (Å²) in [6.45, 7) is 6.91. The first-order valence-electron chi connectivity index (χ1n) is 6.76. The third-order valence-electron chi connectivity index (χ3n) is 3.91. The number of carbonyl (C=O) groups is 1. The molecule has 0 aromatic carbocycles. The molecule has 0 rings (SSSR count). The molecule has 100 valence electrons. The van der Waals surface area contributed by atoms with Gasteiger partial charge in [-0.1, -0.05) is 40.0 Å². The predicted molar refractivity (Wildman–Crippen MR) is 75.1 cm³/mol. The van der Waals surface area contributed by atoms with E-state index in [1.165, 1.54) is 19.3 Å². The summed E-state index contributed by atoms with van der Waals surface area (Å²) in [5.41, 5.74) is 0.349. The van der Waals surface area contributed by atoms with Crippen molar-refractivity contribution in [3.63, 3.8) is 0 Å². The van der Waals surface area contributed by atoms with E-state index in [1.54, 1.807) is 0 Å². The third-order valence-corrected chi connectivity index (χ3v) is 3.91. The number of hydrogen-bond acceptors (Lipinski definition) is 2. The Hall–Kier alpha value is -0.505. The smallest absolute Gasteiger partial charge is 0.317 e. The molecule has 0 aliphatic heterocycles. The van der Waals surface area contributed by atoms with Crippen LogP contribution in [0.15, 0.2) is 0 Å². The minimum Gasteiger partial charge on any atom is -0.480 e. The molecule has 0 aromatic heterocycles. The van der Waals surface area contributed by atoms with Crippen LogP contribution in [-0.2, 0) is 4.79 Å². The second-order valence-electron chi connectivity index (χ2n) is 5.63. The highest BCUT2D eigenvalue weighted by Gasteiger charge is 2.26. The van der Waals surface area contributed by atoms with E-state index in [9.17, 15) is 4.79 Å². The van der Waals surface area contributed by atoms with E-state index in [0.29, 0.717) is 11.4 Å². The van der Waals surface area contributed by atoms with Crippen LogP contribution >= 0.6 is 0 Å². The van der Waals surface area contributed by atoms with Crippen molar-refractivity contribution in [2.45, 2.75) is 58.8 Å². The Labute approximate surface area is 107 Å². The van der Waals surface area contributed by atoms with Crippen LogP contribution < -0.4 is 0 Å². The fraction of sp³-hybridized carbons (Fsp3) is 0.923. The topological polar surface area (TPSA) is 40.5 Å². The molecule has 0 heterocycles. The molecule has 2 unspecified atom stereocenters. The maximum absolute atomic E-state index is 10.7. The SMILES string of the molecule is BC(CC(C)(CC)CCCC)N(C)CC(=O)O. The molecule has 0 radical (unpaired) electrons. The zero-order valence-electron chi connectivity index (χ0n) is 12.1. The highest BCUT2D eigenvalue weighted by Crippen LogP contribution is 2.33. The van der Waals surface area contributed by atoms with Crippen LogP contribution in [0.5, 0.6) is 0 Å². The summed E-state index contributed by atoms with van der Waals surface area (Å²) in [6, 6.07) is 0. The normalized spacial score (nSPS) is 16.8. The Balaban J connectivity index is 4.29. The second-order valence-corrected chi connectivity index (χ2v) is 5.63. The minimum absolute atomic E-state index is 0.134. The summed E-state index contributed by atoms with van der Waals surface area (Å²) in [5, 5.41) is 8.79. The Morgan fingerprint density at radius 3 is 2.47 bits per heavy atom. The predicted octanol–water partition coefficient (Wildman–Crippen LogP) is 1.96. The zero-order valence-corrected chi connectivity index (χ0v) is 12.1. The second kappa shape index (κ2) is 7.75. The van der Waals surface area contributed by atoms with Gasteiger partial charge in [0.15, 0.2) is 0 Å². The molecular weight excluding hydrogens is 213 g/mol. The van der Waals surface area contributed by atoms with Gasteiger partial charge in [0.2, 0.25) is 0 Å². The Morgan fingerprint density at radius 1 is 1.47 bits per heavy atom. The molecule has 3 nitrogen and oxygen atoms in total. The standard InChI is InChI=1S/C13H28BNO2/c1-5-7-8-13(3,6-2)9-11(14)15(4)10-12(16)17/h11H,5-10,14H2,1-4H3,(H,16,17). The number of nitrogens with zero attached hydrogens (tertiary/aromatic N) is 1. The van der Waals surface area contributed by atoms with Gasteiger partial charge in [0.25, 0.3) is 0 Å². The third kappa shape index (κ3) is 6.72. The van der Waals surface area contributed by atoms with Gasteiger partial charge in [-0.2, -0.15) is 0 Å². The van der Waals surface area contributed by atoms with Crippen molar-refractivity contribution in [3.8, 4) is 0 Å². The lowest BCUT2D eigenvalue weighted by molar-refractivity contribution is -0.138. The minimum atomic E-state index is -0.744. The lowest BCUT2D eigenvalue weighted by Crippen LogP contribution is -2.39. The molecule has 0 spiro atoms. The van der Waals surface area contributed by atoms with Crippen molar-refractivity contribution in [2.24, 2.45) is 5.41 Å². The number of carboxylic acids is 1. The first-order valence-corrected chi connectivity index (χ1v) is 6.76. The lowest BCUT2D eigenvalue weighted by Gasteiger charge is -2.35. The Kier molecular flexibility index (Phi) is 7.52. The van der Waals surface area contributed by atoms with E-state index in [4.69, 9.17) is 5.11 Å².